The molecule has 1 N–H and O–H groups in total. The van der Waals surface area contributed by atoms with E-state index in [2.05, 4.69) is 5.10 Å². The Morgan fingerprint density at radius 1 is 1.69 bits per heavy atom. The number of nitrogens with zero attached hydrogens (tertiary/aromatic N) is 2. The van der Waals surface area contributed by atoms with Crippen LogP contribution in [0.3, 0.4) is 0 Å². The van der Waals surface area contributed by atoms with Gasteiger partial charge < -0.3 is 9.84 Å². The van der Waals surface area contributed by atoms with Gasteiger partial charge >= 0.3 is 5.97 Å². The van der Waals surface area contributed by atoms with E-state index < -0.39 is 5.97 Å². The van der Waals surface area contributed by atoms with Crippen LogP contribution < -0.4 is 4.74 Å². The maximum absolute atomic E-state index is 10.6. The number of ether oxygens (including phenoxy) is 1. The van der Waals surface area contributed by atoms with Crippen LogP contribution >= 0.6 is 11.3 Å². The molecule has 5 nitrogen and oxygen atoms in total. The Morgan fingerprint density at radius 2 is 2.50 bits per heavy atom. The summed E-state index contributed by atoms with van der Waals surface area (Å²) in [5, 5.41) is 14.5. The first-order valence-corrected chi connectivity index (χ1v) is 5.46. The molecule has 0 radical (unpaired) electrons. The lowest BCUT2D eigenvalue weighted by Gasteiger charge is -1.99. The van der Waals surface area contributed by atoms with Gasteiger partial charge in [-0.3, -0.25) is 4.68 Å². The highest BCUT2D eigenvalue weighted by molar-refractivity contribution is 7.12. The van der Waals surface area contributed by atoms with Crippen molar-refractivity contribution in [1.29, 1.82) is 0 Å². The molecule has 84 valence electrons. The molecule has 0 aromatic carbocycles. The number of rotatable bonds is 4. The number of thiophene rings is 1. The summed E-state index contributed by atoms with van der Waals surface area (Å²) in [6.45, 7) is 0.344. The highest BCUT2D eigenvalue weighted by atomic mass is 32.1. The number of carboxylic acids is 1. The van der Waals surface area contributed by atoms with Gasteiger partial charge in [0.15, 0.2) is 0 Å². The van der Waals surface area contributed by atoms with E-state index >= 15 is 0 Å². The zero-order chi connectivity index (χ0) is 11.5. The van der Waals surface area contributed by atoms with Crippen LogP contribution in [-0.4, -0.2) is 20.9 Å². The van der Waals surface area contributed by atoms with Gasteiger partial charge in [-0.25, -0.2) is 4.79 Å². The average Bonchev–Trinajstić information content (AvgIpc) is 2.83. The molecule has 0 aliphatic heterocycles. The second kappa shape index (κ2) is 4.36. The maximum atomic E-state index is 10.6. The molecule has 2 heterocycles. The molecule has 0 fully saturated rings. The monoisotopic (exact) mass is 238 g/mol. The van der Waals surface area contributed by atoms with Crippen LogP contribution in [0.4, 0.5) is 0 Å². The number of aromatic carboxylic acids is 1. The standard InChI is InChI=1S/C10H10N2O3S/c1-12-3-2-7(11-12)5-15-8-4-9(10(13)14)16-6-8/h2-4,6H,5H2,1H3,(H,13,14). The first kappa shape index (κ1) is 10.7. The van der Waals surface area contributed by atoms with Gasteiger partial charge in [0, 0.05) is 24.7 Å². The number of aryl methyl sites for hydroxylation is 1. The quantitative estimate of drug-likeness (QED) is 0.881. The maximum Gasteiger partial charge on any atom is 0.346 e. The van der Waals surface area contributed by atoms with Gasteiger partial charge in [-0.1, -0.05) is 0 Å². The zero-order valence-electron chi connectivity index (χ0n) is 8.58. The Hall–Kier alpha value is -1.82. The molecule has 2 rings (SSSR count). The summed E-state index contributed by atoms with van der Waals surface area (Å²) < 4.78 is 7.10. The number of carboxylic acid groups (broad SMARTS) is 1. The van der Waals surface area contributed by atoms with Crippen LogP contribution in [0, 0.1) is 0 Å². The second-order valence-electron chi connectivity index (χ2n) is 3.22. The summed E-state index contributed by atoms with van der Waals surface area (Å²) in [6, 6.07) is 3.36. The Labute approximate surface area is 95.9 Å². The van der Waals surface area contributed by atoms with Crippen molar-refractivity contribution in [2.45, 2.75) is 6.61 Å². The zero-order valence-corrected chi connectivity index (χ0v) is 9.40. The molecular formula is C10H10N2O3S. The topological polar surface area (TPSA) is 64.3 Å². The molecule has 0 spiro atoms. The number of hydrogen-bond donors (Lipinski definition) is 1. The van der Waals surface area contributed by atoms with Crippen molar-refractivity contribution < 1.29 is 14.6 Å². The summed E-state index contributed by atoms with van der Waals surface area (Å²) in [4.78, 5) is 10.9. The summed E-state index contributed by atoms with van der Waals surface area (Å²) in [7, 11) is 1.83. The smallest absolute Gasteiger partial charge is 0.346 e. The Bertz CT molecular complexity index is 504. The van der Waals surface area contributed by atoms with Gasteiger partial charge in [-0.05, 0) is 6.07 Å². The molecule has 0 atom stereocenters. The lowest BCUT2D eigenvalue weighted by Crippen LogP contribution is -1.97. The number of carbonyl (C=O) groups is 1. The van der Waals surface area contributed by atoms with Crippen molar-refractivity contribution >= 4 is 17.3 Å². The first-order valence-electron chi connectivity index (χ1n) is 4.58. The van der Waals surface area contributed by atoms with Gasteiger partial charge in [0.05, 0.1) is 5.69 Å². The fourth-order valence-corrected chi connectivity index (χ4v) is 1.87. The van der Waals surface area contributed by atoms with Crippen LogP contribution in [0.15, 0.2) is 23.7 Å². The molecule has 2 aromatic heterocycles. The summed E-state index contributed by atoms with van der Waals surface area (Å²) in [5.74, 6) is -0.370. The van der Waals surface area contributed by atoms with E-state index in [0.717, 1.165) is 17.0 Å². The lowest BCUT2D eigenvalue weighted by atomic mass is 10.4. The minimum Gasteiger partial charge on any atom is -0.486 e. The van der Waals surface area contributed by atoms with E-state index in [9.17, 15) is 4.79 Å². The van der Waals surface area contributed by atoms with Crippen LogP contribution in [0.2, 0.25) is 0 Å². The highest BCUT2D eigenvalue weighted by Crippen LogP contribution is 2.22. The summed E-state index contributed by atoms with van der Waals surface area (Å²) >= 11 is 1.15. The van der Waals surface area contributed by atoms with Crippen LogP contribution in [-0.2, 0) is 13.7 Å². The SMILES string of the molecule is Cn1ccc(COc2csc(C(=O)O)c2)n1. The molecule has 0 amide bonds. The minimum atomic E-state index is -0.933. The van der Waals surface area contributed by atoms with Gasteiger partial charge in [0.2, 0.25) is 0 Å². The van der Waals surface area contributed by atoms with Crippen molar-refractivity contribution in [3.05, 3.63) is 34.3 Å². The van der Waals surface area contributed by atoms with Gasteiger partial charge in [0.25, 0.3) is 0 Å². The first-order chi connectivity index (χ1) is 7.65. The molecule has 0 saturated carbocycles. The molecular weight excluding hydrogens is 228 g/mol. The number of hydrogen-bond acceptors (Lipinski definition) is 4. The Kier molecular flexibility index (Phi) is 2.91. The number of aromatic nitrogens is 2. The van der Waals surface area contributed by atoms with E-state index in [-0.39, 0.29) is 4.88 Å². The van der Waals surface area contributed by atoms with Crippen molar-refractivity contribution in [2.24, 2.45) is 7.05 Å². The fraction of sp³-hybridized carbons (Fsp3) is 0.200. The highest BCUT2D eigenvalue weighted by Gasteiger charge is 2.07. The van der Waals surface area contributed by atoms with E-state index in [0.29, 0.717) is 12.4 Å². The van der Waals surface area contributed by atoms with Gasteiger partial charge in [-0.2, -0.15) is 5.10 Å². The molecule has 2 aromatic rings. The van der Waals surface area contributed by atoms with E-state index in [4.69, 9.17) is 9.84 Å². The van der Waals surface area contributed by atoms with Crippen molar-refractivity contribution in [2.75, 3.05) is 0 Å². The third kappa shape index (κ3) is 2.40. The van der Waals surface area contributed by atoms with Crippen molar-refractivity contribution in [3.8, 4) is 5.75 Å². The average molecular weight is 238 g/mol. The van der Waals surface area contributed by atoms with E-state index in [1.165, 1.54) is 6.07 Å². The Balaban J connectivity index is 1.97. The summed E-state index contributed by atoms with van der Waals surface area (Å²) in [6.07, 6.45) is 1.83. The second-order valence-corrected chi connectivity index (χ2v) is 4.13. The summed E-state index contributed by atoms with van der Waals surface area (Å²) in [5.41, 5.74) is 0.811. The van der Waals surface area contributed by atoms with Crippen LogP contribution in [0.5, 0.6) is 5.75 Å². The van der Waals surface area contributed by atoms with Crippen molar-refractivity contribution in [1.82, 2.24) is 9.78 Å². The lowest BCUT2D eigenvalue weighted by molar-refractivity contribution is 0.0702. The molecule has 0 aliphatic rings. The molecule has 6 heteroatoms. The van der Waals surface area contributed by atoms with Crippen molar-refractivity contribution in [3.63, 3.8) is 0 Å². The molecule has 0 saturated heterocycles. The molecule has 0 unspecified atom stereocenters. The fourth-order valence-electron chi connectivity index (χ4n) is 1.20. The van der Waals surface area contributed by atoms with Gasteiger partial charge in [-0.15, -0.1) is 11.3 Å². The van der Waals surface area contributed by atoms with E-state index in [1.54, 1.807) is 10.1 Å². The predicted molar refractivity (Wildman–Crippen MR) is 58.8 cm³/mol. The molecule has 16 heavy (non-hydrogen) atoms. The Morgan fingerprint density at radius 3 is 3.06 bits per heavy atom. The minimum absolute atomic E-state index is 0.274. The van der Waals surface area contributed by atoms with Crippen LogP contribution in [0.1, 0.15) is 15.4 Å². The normalized spacial score (nSPS) is 10.3. The van der Waals surface area contributed by atoms with E-state index in [1.807, 2.05) is 19.3 Å². The third-order valence-electron chi connectivity index (χ3n) is 1.94. The largest absolute Gasteiger partial charge is 0.486 e. The third-order valence-corrected chi connectivity index (χ3v) is 2.84. The predicted octanol–water partition coefficient (Wildman–Crippen LogP) is 1.76. The van der Waals surface area contributed by atoms with Crippen LogP contribution in [0.25, 0.3) is 0 Å². The van der Waals surface area contributed by atoms with Gasteiger partial charge in [0.1, 0.15) is 17.2 Å². The molecule has 0 aliphatic carbocycles. The molecule has 0 bridgehead atoms.